The lowest BCUT2D eigenvalue weighted by Gasteiger charge is -2.06. The number of fused-ring (bicyclic) bond motifs is 1. The number of nitrogen functional groups attached to an aromatic ring is 2. The molecule has 0 bridgehead atoms. The first kappa shape index (κ1) is 12.6. The highest BCUT2D eigenvalue weighted by Gasteiger charge is 2.09. The van der Waals surface area contributed by atoms with E-state index in [-0.39, 0.29) is 12.4 Å². The van der Waals surface area contributed by atoms with Crippen LogP contribution in [0.5, 0.6) is 0 Å². The maximum Gasteiger partial charge on any atom is 0.133 e. The van der Waals surface area contributed by atoms with E-state index in [4.69, 9.17) is 11.5 Å². The standard InChI is InChI=1S/C12H10N4S.ClH/c13-10-5-4-8(12(14)16-10)7-2-1-3-9-11(7)15-6-17-9;/h1-6H,(H4,13,14,16);1H. The molecule has 0 spiro atoms. The van der Waals surface area contributed by atoms with Gasteiger partial charge >= 0.3 is 0 Å². The number of aromatic nitrogens is 2. The van der Waals surface area contributed by atoms with Gasteiger partial charge in [-0.3, -0.25) is 0 Å². The molecule has 92 valence electrons. The van der Waals surface area contributed by atoms with Gasteiger partial charge in [-0.2, -0.15) is 0 Å². The summed E-state index contributed by atoms with van der Waals surface area (Å²) < 4.78 is 1.14. The van der Waals surface area contributed by atoms with Crippen molar-refractivity contribution in [2.45, 2.75) is 0 Å². The maximum atomic E-state index is 5.90. The summed E-state index contributed by atoms with van der Waals surface area (Å²) >= 11 is 1.61. The fourth-order valence-electron chi connectivity index (χ4n) is 1.82. The van der Waals surface area contributed by atoms with Crippen LogP contribution in [0.4, 0.5) is 11.6 Å². The van der Waals surface area contributed by atoms with Gasteiger partial charge in [0.15, 0.2) is 0 Å². The quantitative estimate of drug-likeness (QED) is 0.717. The van der Waals surface area contributed by atoms with E-state index in [2.05, 4.69) is 9.97 Å². The summed E-state index contributed by atoms with van der Waals surface area (Å²) in [5.74, 6) is 0.863. The van der Waals surface area contributed by atoms with Crippen molar-refractivity contribution < 1.29 is 0 Å². The molecule has 3 rings (SSSR count). The van der Waals surface area contributed by atoms with E-state index in [1.165, 1.54) is 0 Å². The molecule has 0 unspecified atom stereocenters. The van der Waals surface area contributed by atoms with Gasteiger partial charge in [-0.1, -0.05) is 12.1 Å². The molecule has 0 aliphatic carbocycles. The number of thiazole rings is 1. The third kappa shape index (κ3) is 1.98. The monoisotopic (exact) mass is 278 g/mol. The summed E-state index contributed by atoms with van der Waals surface area (Å²) in [6, 6.07) is 9.65. The van der Waals surface area contributed by atoms with Gasteiger partial charge in [-0.15, -0.1) is 23.7 Å². The van der Waals surface area contributed by atoms with E-state index >= 15 is 0 Å². The van der Waals surface area contributed by atoms with Crippen LogP contribution < -0.4 is 11.5 Å². The number of benzene rings is 1. The predicted octanol–water partition coefficient (Wildman–Crippen LogP) is 2.94. The van der Waals surface area contributed by atoms with Gasteiger partial charge in [0.25, 0.3) is 0 Å². The number of pyridine rings is 1. The Labute approximate surface area is 114 Å². The molecule has 0 amide bonds. The van der Waals surface area contributed by atoms with Crippen molar-refractivity contribution in [3.63, 3.8) is 0 Å². The van der Waals surface area contributed by atoms with Crippen LogP contribution in [0.3, 0.4) is 0 Å². The Kier molecular flexibility index (Phi) is 3.36. The molecule has 3 aromatic rings. The molecule has 4 nitrogen and oxygen atoms in total. The topological polar surface area (TPSA) is 77.8 Å². The number of halogens is 1. The zero-order valence-electron chi connectivity index (χ0n) is 9.33. The van der Waals surface area contributed by atoms with Gasteiger partial charge in [-0.05, 0) is 18.2 Å². The third-order valence-corrected chi connectivity index (χ3v) is 3.39. The van der Waals surface area contributed by atoms with E-state index in [0.717, 1.165) is 21.3 Å². The highest BCUT2D eigenvalue weighted by Crippen LogP contribution is 2.32. The van der Waals surface area contributed by atoms with Crippen LogP contribution in [-0.2, 0) is 0 Å². The molecule has 1 aromatic carbocycles. The van der Waals surface area contributed by atoms with Gasteiger partial charge in [0.1, 0.15) is 11.6 Å². The number of hydrogen-bond donors (Lipinski definition) is 2. The summed E-state index contributed by atoms with van der Waals surface area (Å²) in [5.41, 5.74) is 16.1. The molecule has 0 fully saturated rings. The van der Waals surface area contributed by atoms with Gasteiger partial charge in [0.2, 0.25) is 0 Å². The van der Waals surface area contributed by atoms with Crippen molar-refractivity contribution in [1.29, 1.82) is 0 Å². The number of para-hydroxylation sites is 1. The lowest BCUT2D eigenvalue weighted by molar-refractivity contribution is 1.34. The minimum Gasteiger partial charge on any atom is -0.384 e. The van der Waals surface area contributed by atoms with E-state index in [9.17, 15) is 0 Å². The Balaban J connectivity index is 0.00000120. The Morgan fingerprint density at radius 2 is 1.83 bits per heavy atom. The van der Waals surface area contributed by atoms with Crippen molar-refractivity contribution in [3.8, 4) is 11.1 Å². The van der Waals surface area contributed by atoms with Crippen LogP contribution in [0.15, 0.2) is 35.8 Å². The van der Waals surface area contributed by atoms with Crippen molar-refractivity contribution in [2.75, 3.05) is 11.5 Å². The predicted molar refractivity (Wildman–Crippen MR) is 78.9 cm³/mol. The van der Waals surface area contributed by atoms with Crippen molar-refractivity contribution in [3.05, 3.63) is 35.8 Å². The van der Waals surface area contributed by atoms with E-state index in [0.29, 0.717) is 11.6 Å². The third-order valence-electron chi connectivity index (χ3n) is 2.60. The fraction of sp³-hybridized carbons (Fsp3) is 0. The Morgan fingerprint density at radius 3 is 2.61 bits per heavy atom. The average Bonchev–Trinajstić information content (AvgIpc) is 2.77. The maximum absolute atomic E-state index is 5.90. The second-order valence-electron chi connectivity index (χ2n) is 3.67. The first-order chi connectivity index (χ1) is 8.25. The summed E-state index contributed by atoms with van der Waals surface area (Å²) in [6.45, 7) is 0. The molecule has 4 N–H and O–H groups in total. The lowest BCUT2D eigenvalue weighted by Crippen LogP contribution is -1.98. The second-order valence-corrected chi connectivity index (χ2v) is 4.56. The van der Waals surface area contributed by atoms with Crippen LogP contribution in [0.25, 0.3) is 21.3 Å². The Morgan fingerprint density at radius 1 is 1.00 bits per heavy atom. The van der Waals surface area contributed by atoms with Gasteiger partial charge in [0, 0.05) is 11.1 Å². The van der Waals surface area contributed by atoms with Gasteiger partial charge in [0.05, 0.1) is 15.7 Å². The van der Waals surface area contributed by atoms with E-state index in [1.54, 1.807) is 17.4 Å². The van der Waals surface area contributed by atoms with E-state index < -0.39 is 0 Å². The number of hydrogen-bond acceptors (Lipinski definition) is 5. The van der Waals surface area contributed by atoms with Crippen LogP contribution in [0, 0.1) is 0 Å². The van der Waals surface area contributed by atoms with E-state index in [1.807, 2.05) is 29.8 Å². The molecule has 0 saturated carbocycles. The van der Waals surface area contributed by atoms with Crippen LogP contribution >= 0.6 is 23.7 Å². The number of rotatable bonds is 1. The average molecular weight is 279 g/mol. The van der Waals surface area contributed by atoms with Crippen LogP contribution in [-0.4, -0.2) is 9.97 Å². The first-order valence-electron chi connectivity index (χ1n) is 5.10. The number of anilines is 2. The molecule has 0 aliphatic heterocycles. The zero-order valence-corrected chi connectivity index (χ0v) is 11.0. The van der Waals surface area contributed by atoms with Gasteiger partial charge < -0.3 is 11.5 Å². The molecule has 0 aliphatic rings. The molecule has 0 saturated heterocycles. The van der Waals surface area contributed by atoms with Crippen molar-refractivity contribution in [2.24, 2.45) is 0 Å². The largest absolute Gasteiger partial charge is 0.384 e. The summed E-state index contributed by atoms with van der Waals surface area (Å²) in [7, 11) is 0. The highest BCUT2D eigenvalue weighted by atomic mass is 35.5. The molecule has 2 aromatic heterocycles. The minimum absolute atomic E-state index is 0. The lowest BCUT2D eigenvalue weighted by atomic mass is 10.1. The van der Waals surface area contributed by atoms with Crippen LogP contribution in [0.2, 0.25) is 0 Å². The van der Waals surface area contributed by atoms with Crippen molar-refractivity contribution in [1.82, 2.24) is 9.97 Å². The molecule has 18 heavy (non-hydrogen) atoms. The smallest absolute Gasteiger partial charge is 0.133 e. The van der Waals surface area contributed by atoms with Crippen LogP contribution in [0.1, 0.15) is 0 Å². The number of nitrogens with zero attached hydrogens (tertiary/aromatic N) is 2. The Hall–Kier alpha value is -1.85. The SMILES string of the molecule is Cl.Nc1ccc(-c2cccc3scnc23)c(N)n1. The summed E-state index contributed by atoms with van der Waals surface area (Å²) in [5, 5.41) is 0. The number of nitrogens with two attached hydrogens (primary N) is 2. The van der Waals surface area contributed by atoms with Gasteiger partial charge in [-0.25, -0.2) is 9.97 Å². The molecule has 6 heteroatoms. The molecular formula is C12H11ClN4S. The summed E-state index contributed by atoms with van der Waals surface area (Å²) in [4.78, 5) is 8.43. The first-order valence-corrected chi connectivity index (χ1v) is 5.98. The van der Waals surface area contributed by atoms with Crippen molar-refractivity contribution >= 4 is 45.6 Å². The molecule has 0 radical (unpaired) electrons. The zero-order chi connectivity index (χ0) is 11.8. The minimum atomic E-state index is 0. The summed E-state index contributed by atoms with van der Waals surface area (Å²) in [6.07, 6.45) is 0. The highest BCUT2D eigenvalue weighted by molar-refractivity contribution is 7.16. The normalized spacial score (nSPS) is 10.2. The second kappa shape index (κ2) is 4.80. The Bertz CT molecular complexity index is 695. The molecule has 2 heterocycles. The molecule has 0 atom stereocenters. The fourth-order valence-corrected chi connectivity index (χ4v) is 2.53. The molecular weight excluding hydrogens is 268 g/mol.